The minimum absolute atomic E-state index is 0.0194. The van der Waals surface area contributed by atoms with Crippen molar-refractivity contribution in [2.75, 3.05) is 19.6 Å². The van der Waals surface area contributed by atoms with Crippen LogP contribution >= 0.6 is 0 Å². The molecule has 0 bridgehead atoms. The van der Waals surface area contributed by atoms with E-state index in [0.29, 0.717) is 38.9 Å². The molecule has 0 aromatic carbocycles. The van der Waals surface area contributed by atoms with E-state index in [2.05, 4.69) is 89.7 Å². The van der Waals surface area contributed by atoms with E-state index >= 15 is 0 Å². The minimum Gasteiger partial charge on any atom is -0.444 e. The Labute approximate surface area is 273 Å². The van der Waals surface area contributed by atoms with Crippen molar-refractivity contribution in [3.63, 3.8) is 0 Å². The maximum absolute atomic E-state index is 12.7. The van der Waals surface area contributed by atoms with Gasteiger partial charge in [-0.05, 0) is 84.0 Å². The molecule has 0 heterocycles. The highest BCUT2D eigenvalue weighted by Gasteiger charge is 2.35. The molecule has 1 aliphatic carbocycles. The van der Waals surface area contributed by atoms with Gasteiger partial charge in [0.2, 0.25) is 11.8 Å². The van der Waals surface area contributed by atoms with Crippen molar-refractivity contribution in [1.29, 1.82) is 0 Å². The second-order valence-electron chi connectivity index (χ2n) is 12.7. The average Bonchev–Trinajstić information content (AvgIpc) is 2.99. The van der Waals surface area contributed by atoms with Crippen LogP contribution in [0.3, 0.4) is 0 Å². The van der Waals surface area contributed by atoms with Crippen LogP contribution in [-0.2, 0) is 14.3 Å². The van der Waals surface area contributed by atoms with E-state index in [0.717, 1.165) is 70.6 Å². The lowest BCUT2D eigenvalue weighted by Gasteiger charge is -2.37. The Balaban J connectivity index is 2.13. The van der Waals surface area contributed by atoms with Gasteiger partial charge in [0.15, 0.2) is 0 Å². The van der Waals surface area contributed by atoms with Crippen LogP contribution in [0.15, 0.2) is 72.9 Å². The van der Waals surface area contributed by atoms with Gasteiger partial charge in [0.1, 0.15) is 5.60 Å². The molecule has 1 fully saturated rings. The van der Waals surface area contributed by atoms with E-state index in [1.54, 1.807) is 0 Å². The van der Waals surface area contributed by atoms with Gasteiger partial charge < -0.3 is 20.7 Å². The van der Waals surface area contributed by atoms with Gasteiger partial charge in [-0.2, -0.15) is 0 Å². The summed E-state index contributed by atoms with van der Waals surface area (Å²) < 4.78 is 5.37. The third-order valence-electron chi connectivity index (χ3n) is 7.36. The molecule has 252 valence electrons. The summed E-state index contributed by atoms with van der Waals surface area (Å²) in [5.74, 6) is -0.0656. The van der Waals surface area contributed by atoms with E-state index in [4.69, 9.17) is 4.74 Å². The molecule has 0 atom stereocenters. The van der Waals surface area contributed by atoms with E-state index in [1.807, 2.05) is 26.8 Å². The van der Waals surface area contributed by atoms with E-state index < -0.39 is 11.7 Å². The normalized spacial score (nSPS) is 15.6. The fraction of sp³-hybridized carbons (Fsp3) is 0.605. The molecular weight excluding hydrogens is 562 g/mol. The van der Waals surface area contributed by atoms with Crippen molar-refractivity contribution < 1.29 is 19.1 Å². The van der Waals surface area contributed by atoms with Gasteiger partial charge in [0, 0.05) is 32.5 Å². The number of rotatable bonds is 21. The second kappa shape index (κ2) is 24.9. The van der Waals surface area contributed by atoms with Crippen LogP contribution in [0.4, 0.5) is 4.79 Å². The highest BCUT2D eigenvalue weighted by Crippen LogP contribution is 2.38. The first-order valence-corrected chi connectivity index (χ1v) is 17.1. The number of ether oxygens (including phenoxy) is 1. The summed E-state index contributed by atoms with van der Waals surface area (Å²) in [6, 6.07) is 0. The number of carbonyl (C=O) groups excluding carboxylic acids is 3. The van der Waals surface area contributed by atoms with Crippen molar-refractivity contribution in [3.8, 4) is 0 Å². The predicted octanol–water partition coefficient (Wildman–Crippen LogP) is 8.56. The molecule has 1 rings (SSSR count). The largest absolute Gasteiger partial charge is 0.444 e. The fourth-order valence-corrected chi connectivity index (χ4v) is 5.04. The van der Waals surface area contributed by atoms with E-state index in [9.17, 15) is 14.4 Å². The lowest BCUT2D eigenvalue weighted by molar-refractivity contribution is -0.124. The quantitative estimate of drug-likeness (QED) is 0.0882. The Kier molecular flexibility index (Phi) is 22.0. The lowest BCUT2D eigenvalue weighted by atomic mass is 9.71. The van der Waals surface area contributed by atoms with Gasteiger partial charge in [0.25, 0.3) is 0 Å². The summed E-state index contributed by atoms with van der Waals surface area (Å²) >= 11 is 0. The summed E-state index contributed by atoms with van der Waals surface area (Å²) in [4.78, 5) is 37.0. The summed E-state index contributed by atoms with van der Waals surface area (Å²) in [7, 11) is 0. The molecule has 1 saturated carbocycles. The summed E-state index contributed by atoms with van der Waals surface area (Å²) in [6.45, 7) is 8.87. The Bertz CT molecular complexity index is 1010. The fourth-order valence-electron chi connectivity index (χ4n) is 5.04. The van der Waals surface area contributed by atoms with Gasteiger partial charge in [-0.15, -0.1) is 0 Å². The standard InChI is InChI=1S/C38H61N3O4/c1-5-6-7-8-9-10-11-12-13-14-15-16-17-18-19-20-21-22-24-27-34(42)39-30-31-40-35(43)32-38(28-25-23-26-29-38)33-41-36(44)45-37(2,3)4/h6-7,9-10,12-13,15-16,18-19,21-22H,5,8,11,14,17,20,23-33H2,1-4H3,(H,39,42)(H,40,43)(H,41,44)/b7-6-,10-9-,13-12-,16-15-,19-18-,22-21-. The van der Waals surface area contributed by atoms with Crippen molar-refractivity contribution in [1.82, 2.24) is 16.0 Å². The van der Waals surface area contributed by atoms with Crippen molar-refractivity contribution >= 4 is 17.9 Å². The molecular formula is C38H61N3O4. The lowest BCUT2D eigenvalue weighted by Crippen LogP contribution is -2.44. The van der Waals surface area contributed by atoms with Crippen LogP contribution in [0.5, 0.6) is 0 Å². The minimum atomic E-state index is -0.557. The van der Waals surface area contributed by atoms with Gasteiger partial charge in [-0.1, -0.05) is 99.1 Å². The first kappa shape index (κ1) is 39.7. The van der Waals surface area contributed by atoms with Gasteiger partial charge >= 0.3 is 6.09 Å². The molecule has 7 nitrogen and oxygen atoms in total. The zero-order valence-corrected chi connectivity index (χ0v) is 28.6. The zero-order valence-electron chi connectivity index (χ0n) is 28.6. The average molecular weight is 624 g/mol. The molecule has 0 unspecified atom stereocenters. The number of allylic oxidation sites excluding steroid dienone is 12. The Morgan fingerprint density at radius 1 is 0.644 bits per heavy atom. The summed E-state index contributed by atoms with van der Waals surface area (Å²) in [5.41, 5.74) is -0.805. The van der Waals surface area contributed by atoms with Crippen LogP contribution < -0.4 is 16.0 Å². The van der Waals surface area contributed by atoms with Crippen molar-refractivity contribution in [2.45, 2.75) is 123 Å². The molecule has 1 aliphatic rings. The third kappa shape index (κ3) is 23.7. The van der Waals surface area contributed by atoms with Gasteiger partial charge in [0.05, 0.1) is 0 Å². The smallest absolute Gasteiger partial charge is 0.407 e. The van der Waals surface area contributed by atoms with Crippen LogP contribution in [0.1, 0.15) is 118 Å². The molecule has 3 N–H and O–H groups in total. The highest BCUT2D eigenvalue weighted by atomic mass is 16.6. The molecule has 3 amide bonds. The predicted molar refractivity (Wildman–Crippen MR) is 188 cm³/mol. The number of nitrogens with one attached hydrogen (secondary N) is 3. The first-order valence-electron chi connectivity index (χ1n) is 17.1. The maximum Gasteiger partial charge on any atom is 0.407 e. The number of hydrogen-bond acceptors (Lipinski definition) is 4. The van der Waals surface area contributed by atoms with Crippen molar-refractivity contribution in [3.05, 3.63) is 72.9 Å². The monoisotopic (exact) mass is 623 g/mol. The number of hydrogen-bond donors (Lipinski definition) is 3. The summed E-state index contributed by atoms with van der Waals surface area (Å²) in [5, 5.41) is 8.69. The topological polar surface area (TPSA) is 96.5 Å². The SMILES string of the molecule is CC/C=C\C/C=C\C/C=C\C/C=C\C/C=C\C/C=C\CCC(=O)NCCNC(=O)CC1(CNC(=O)OC(C)(C)C)CCCCC1. The molecule has 0 saturated heterocycles. The molecule has 0 aromatic heterocycles. The molecule has 7 heteroatoms. The van der Waals surface area contributed by atoms with Gasteiger partial charge in [-0.25, -0.2) is 4.79 Å². The first-order chi connectivity index (χ1) is 21.7. The van der Waals surface area contributed by atoms with Crippen LogP contribution in [-0.4, -0.2) is 43.1 Å². The molecule has 0 aromatic rings. The molecule has 45 heavy (non-hydrogen) atoms. The second-order valence-corrected chi connectivity index (χ2v) is 12.7. The van der Waals surface area contributed by atoms with Crippen LogP contribution in [0, 0.1) is 5.41 Å². The van der Waals surface area contributed by atoms with Gasteiger partial charge in [-0.3, -0.25) is 9.59 Å². The van der Waals surface area contributed by atoms with E-state index in [1.165, 1.54) is 0 Å². The Morgan fingerprint density at radius 3 is 1.60 bits per heavy atom. The summed E-state index contributed by atoms with van der Waals surface area (Å²) in [6.07, 6.45) is 37.9. The molecule has 0 radical (unpaired) electrons. The zero-order chi connectivity index (χ0) is 33.1. The molecule has 0 spiro atoms. The maximum atomic E-state index is 12.7. The van der Waals surface area contributed by atoms with Crippen molar-refractivity contribution in [2.24, 2.45) is 5.41 Å². The highest BCUT2D eigenvalue weighted by molar-refractivity contribution is 5.77. The van der Waals surface area contributed by atoms with Crippen LogP contribution in [0.25, 0.3) is 0 Å². The Morgan fingerprint density at radius 2 is 1.11 bits per heavy atom. The van der Waals surface area contributed by atoms with E-state index in [-0.39, 0.29) is 17.2 Å². The molecule has 0 aliphatic heterocycles. The Hall–Kier alpha value is -3.35. The number of amides is 3. The van der Waals surface area contributed by atoms with Crippen LogP contribution in [0.2, 0.25) is 0 Å². The number of carbonyl (C=O) groups is 3. The third-order valence-corrected chi connectivity index (χ3v) is 7.36. The number of alkyl carbamates (subject to hydrolysis) is 1.